The molecule has 0 bridgehead atoms. The summed E-state index contributed by atoms with van der Waals surface area (Å²) in [6.45, 7) is 0. The minimum atomic E-state index is -1.49. The van der Waals surface area contributed by atoms with Crippen molar-refractivity contribution in [3.05, 3.63) is 174 Å². The number of carbonyl (C=O) groups is 2. The SMILES string of the molecule is O=C1c2c(-c3ccccc3)nn(-c3ccccc3)c2C(=O)C2(c3ccccc3)C1C(c1ccccc1)=NN2c1ccccc1. The van der Waals surface area contributed by atoms with Crippen LogP contribution < -0.4 is 5.01 Å². The predicted molar refractivity (Wildman–Crippen MR) is 171 cm³/mol. The summed E-state index contributed by atoms with van der Waals surface area (Å²) in [5, 5.41) is 11.9. The molecule has 0 fully saturated rings. The highest BCUT2D eigenvalue weighted by atomic mass is 16.2. The Bertz CT molecular complexity index is 2040. The van der Waals surface area contributed by atoms with Crippen LogP contribution in [0.25, 0.3) is 16.9 Å². The molecule has 1 aliphatic carbocycles. The molecule has 0 amide bonds. The normalized spacial score (nSPS) is 19.0. The first-order chi connectivity index (χ1) is 21.7. The second-order valence-corrected chi connectivity index (χ2v) is 10.9. The zero-order valence-electron chi connectivity index (χ0n) is 23.6. The van der Waals surface area contributed by atoms with Crippen LogP contribution >= 0.6 is 0 Å². The molecule has 0 spiro atoms. The van der Waals surface area contributed by atoms with Crippen LogP contribution in [0.1, 0.15) is 32.0 Å². The number of ketones is 2. The summed E-state index contributed by atoms with van der Waals surface area (Å²) in [6.07, 6.45) is 0. The lowest BCUT2D eigenvalue weighted by Crippen LogP contribution is -2.58. The van der Waals surface area contributed by atoms with Gasteiger partial charge in [0.2, 0.25) is 5.78 Å². The predicted octanol–water partition coefficient (Wildman–Crippen LogP) is 7.35. The molecule has 0 N–H and O–H groups in total. The Balaban J connectivity index is 1.50. The third-order valence-corrected chi connectivity index (χ3v) is 8.52. The summed E-state index contributed by atoms with van der Waals surface area (Å²) < 4.78 is 1.64. The fourth-order valence-corrected chi connectivity index (χ4v) is 6.62. The quantitative estimate of drug-likeness (QED) is 0.217. The third-order valence-electron chi connectivity index (χ3n) is 8.52. The van der Waals surface area contributed by atoms with Gasteiger partial charge in [0.15, 0.2) is 11.3 Å². The number of aromatic nitrogens is 2. The molecule has 2 atom stereocenters. The van der Waals surface area contributed by atoms with Gasteiger partial charge in [-0.3, -0.25) is 9.59 Å². The summed E-state index contributed by atoms with van der Waals surface area (Å²) in [7, 11) is 0. The molecule has 2 aliphatic rings. The van der Waals surface area contributed by atoms with Gasteiger partial charge < -0.3 is 0 Å². The number of anilines is 1. The van der Waals surface area contributed by atoms with E-state index in [1.54, 1.807) is 9.69 Å². The van der Waals surface area contributed by atoms with E-state index in [0.29, 0.717) is 33.9 Å². The van der Waals surface area contributed by atoms with Crippen molar-refractivity contribution in [3.63, 3.8) is 0 Å². The van der Waals surface area contributed by atoms with Crippen molar-refractivity contribution < 1.29 is 9.59 Å². The Morgan fingerprint density at radius 2 is 1.07 bits per heavy atom. The molecule has 1 aliphatic heterocycles. The largest absolute Gasteiger partial charge is 0.293 e. The number of hydrogen-bond acceptors (Lipinski definition) is 5. The van der Waals surface area contributed by atoms with Crippen LogP contribution in [0.2, 0.25) is 0 Å². The highest BCUT2D eigenvalue weighted by Gasteiger charge is 2.66. The molecule has 210 valence electrons. The maximum absolute atomic E-state index is 15.6. The van der Waals surface area contributed by atoms with E-state index in [1.807, 2.05) is 152 Å². The molecular formula is C38H26N4O2. The number of hydrogen-bond donors (Lipinski definition) is 0. The lowest BCUT2D eigenvalue weighted by molar-refractivity contribution is 0.0741. The van der Waals surface area contributed by atoms with Gasteiger partial charge in [0.25, 0.3) is 0 Å². The molecule has 0 saturated carbocycles. The van der Waals surface area contributed by atoms with Crippen LogP contribution in [0.4, 0.5) is 5.69 Å². The standard InChI is InChI=1S/C38H26N4O2/c43-36-31-33(26-16-6-1-7-17-26)39-41(29-22-12-4-13-23-29)35(31)37(44)38(28-20-10-3-11-21-28)32(36)34(27-18-8-2-9-19-27)40-42(38)30-24-14-5-15-25-30/h1-25,32H. The Hall–Kier alpha value is -5.88. The molecule has 2 unspecified atom stereocenters. The molecule has 5 aromatic carbocycles. The van der Waals surface area contributed by atoms with Crippen molar-refractivity contribution in [1.82, 2.24) is 9.78 Å². The van der Waals surface area contributed by atoms with Crippen molar-refractivity contribution in [3.8, 4) is 16.9 Å². The summed E-state index contributed by atoms with van der Waals surface area (Å²) in [4.78, 5) is 30.9. The highest BCUT2D eigenvalue weighted by molar-refractivity contribution is 6.32. The minimum Gasteiger partial charge on any atom is -0.293 e. The molecule has 1 aromatic heterocycles. The molecule has 8 rings (SSSR count). The number of para-hydroxylation sites is 2. The number of benzene rings is 5. The van der Waals surface area contributed by atoms with Gasteiger partial charge in [-0.1, -0.05) is 127 Å². The van der Waals surface area contributed by atoms with Gasteiger partial charge in [-0.25, -0.2) is 9.69 Å². The van der Waals surface area contributed by atoms with Crippen LogP contribution in [0.15, 0.2) is 157 Å². The highest BCUT2D eigenvalue weighted by Crippen LogP contribution is 2.53. The second-order valence-electron chi connectivity index (χ2n) is 10.9. The summed E-state index contributed by atoms with van der Waals surface area (Å²) in [6, 6.07) is 48.0. The number of rotatable bonds is 5. The van der Waals surface area contributed by atoms with Gasteiger partial charge in [0.05, 0.1) is 22.6 Å². The van der Waals surface area contributed by atoms with Gasteiger partial charge in [-0.15, -0.1) is 0 Å². The number of hydrazone groups is 1. The monoisotopic (exact) mass is 570 g/mol. The molecule has 2 heterocycles. The van der Waals surface area contributed by atoms with Gasteiger partial charge >= 0.3 is 0 Å². The van der Waals surface area contributed by atoms with E-state index in [1.165, 1.54) is 0 Å². The lowest BCUT2D eigenvalue weighted by atomic mass is 9.64. The van der Waals surface area contributed by atoms with Gasteiger partial charge in [-0.05, 0) is 35.4 Å². The molecular weight excluding hydrogens is 544 g/mol. The lowest BCUT2D eigenvalue weighted by Gasteiger charge is -2.42. The molecule has 6 nitrogen and oxygen atoms in total. The zero-order chi connectivity index (χ0) is 29.7. The fourth-order valence-electron chi connectivity index (χ4n) is 6.62. The average Bonchev–Trinajstić information content (AvgIpc) is 3.69. The van der Waals surface area contributed by atoms with Crippen molar-refractivity contribution in [2.75, 3.05) is 5.01 Å². The zero-order valence-corrected chi connectivity index (χ0v) is 23.6. The number of fused-ring (bicyclic) bond motifs is 2. The summed E-state index contributed by atoms with van der Waals surface area (Å²) in [5.74, 6) is -1.35. The van der Waals surface area contributed by atoms with E-state index in [0.717, 1.165) is 11.1 Å². The first-order valence-corrected chi connectivity index (χ1v) is 14.6. The summed E-state index contributed by atoms with van der Waals surface area (Å²) in [5.41, 5.74) is 3.77. The van der Waals surface area contributed by atoms with Crippen molar-refractivity contribution >= 4 is 23.0 Å². The van der Waals surface area contributed by atoms with E-state index in [-0.39, 0.29) is 17.3 Å². The van der Waals surface area contributed by atoms with Crippen molar-refractivity contribution in [2.24, 2.45) is 11.0 Å². The van der Waals surface area contributed by atoms with E-state index >= 15 is 9.59 Å². The van der Waals surface area contributed by atoms with Crippen molar-refractivity contribution in [2.45, 2.75) is 5.54 Å². The first-order valence-electron chi connectivity index (χ1n) is 14.6. The number of Topliss-reactive ketones (excluding diaryl/α,β-unsaturated/α-hetero) is 2. The van der Waals surface area contributed by atoms with Crippen LogP contribution in [-0.4, -0.2) is 27.1 Å². The van der Waals surface area contributed by atoms with Crippen LogP contribution in [-0.2, 0) is 5.54 Å². The molecule has 44 heavy (non-hydrogen) atoms. The van der Waals surface area contributed by atoms with Gasteiger partial charge in [0.1, 0.15) is 17.3 Å². The van der Waals surface area contributed by atoms with Crippen molar-refractivity contribution in [1.29, 1.82) is 0 Å². The smallest absolute Gasteiger partial charge is 0.215 e. The second kappa shape index (κ2) is 10.1. The molecule has 6 heteroatoms. The van der Waals surface area contributed by atoms with Crippen LogP contribution in [0.3, 0.4) is 0 Å². The third kappa shape index (κ3) is 3.67. The Kier molecular flexibility index (Phi) is 5.94. The summed E-state index contributed by atoms with van der Waals surface area (Å²) >= 11 is 0. The fraction of sp³-hybridized carbons (Fsp3) is 0.0526. The Morgan fingerprint density at radius 3 is 1.66 bits per heavy atom. The van der Waals surface area contributed by atoms with E-state index in [4.69, 9.17) is 10.2 Å². The first kappa shape index (κ1) is 25.8. The molecule has 0 radical (unpaired) electrons. The van der Waals surface area contributed by atoms with Crippen LogP contribution in [0, 0.1) is 5.92 Å². The van der Waals surface area contributed by atoms with Crippen LogP contribution in [0.5, 0.6) is 0 Å². The maximum Gasteiger partial charge on any atom is 0.215 e. The minimum absolute atomic E-state index is 0.189. The van der Waals surface area contributed by atoms with Gasteiger partial charge in [0, 0.05) is 5.56 Å². The maximum atomic E-state index is 15.6. The number of carbonyl (C=O) groups excluding carboxylic acids is 2. The molecule has 6 aromatic rings. The topological polar surface area (TPSA) is 67.6 Å². The Morgan fingerprint density at radius 1 is 0.568 bits per heavy atom. The van der Waals surface area contributed by atoms with E-state index in [9.17, 15) is 0 Å². The molecule has 0 saturated heterocycles. The average molecular weight is 571 g/mol. The van der Waals surface area contributed by atoms with E-state index in [2.05, 4.69) is 0 Å². The number of nitrogens with zero attached hydrogens (tertiary/aromatic N) is 4. The van der Waals surface area contributed by atoms with E-state index < -0.39 is 11.5 Å². The van der Waals surface area contributed by atoms with Gasteiger partial charge in [-0.2, -0.15) is 10.2 Å². The Labute approximate surface area is 254 Å².